The van der Waals surface area contributed by atoms with Gasteiger partial charge >= 0.3 is 5.97 Å². The maximum atomic E-state index is 12.9. The van der Waals surface area contributed by atoms with Gasteiger partial charge in [0.05, 0.1) is 18.0 Å². The van der Waals surface area contributed by atoms with Gasteiger partial charge in [-0.3, -0.25) is 4.79 Å². The van der Waals surface area contributed by atoms with Crippen LogP contribution in [0, 0.1) is 5.92 Å². The number of likely N-dealkylation sites (tertiary alicyclic amines) is 1. The SMILES string of the molecule is CCOC(=O)c1cc(-c2ccc(Cl)cc2)n(-c2ccc(C(=O)N3CCC[C@@H](C)C3)cc2)n1. The number of benzene rings is 2. The second kappa shape index (κ2) is 9.57. The third-order valence-electron chi connectivity index (χ3n) is 5.64. The van der Waals surface area contributed by atoms with Crippen LogP contribution in [0.25, 0.3) is 16.9 Å². The predicted octanol–water partition coefficient (Wildman–Crippen LogP) is 5.24. The number of rotatable bonds is 5. The first-order valence-corrected chi connectivity index (χ1v) is 11.3. The molecule has 1 aromatic heterocycles. The zero-order valence-corrected chi connectivity index (χ0v) is 19.0. The maximum absolute atomic E-state index is 12.9. The highest BCUT2D eigenvalue weighted by atomic mass is 35.5. The Bertz CT molecular complexity index is 1110. The fourth-order valence-corrected chi connectivity index (χ4v) is 4.14. The van der Waals surface area contributed by atoms with E-state index in [2.05, 4.69) is 12.0 Å². The molecular formula is C25H26ClN3O3. The Morgan fingerprint density at radius 2 is 1.84 bits per heavy atom. The van der Waals surface area contributed by atoms with E-state index >= 15 is 0 Å². The summed E-state index contributed by atoms with van der Waals surface area (Å²) < 4.78 is 6.81. The van der Waals surface area contributed by atoms with Crippen LogP contribution in [-0.2, 0) is 4.74 Å². The second-order valence-corrected chi connectivity index (χ2v) is 8.54. The number of aromatic nitrogens is 2. The molecule has 2 aromatic carbocycles. The van der Waals surface area contributed by atoms with Gasteiger partial charge in [0.25, 0.3) is 5.91 Å². The van der Waals surface area contributed by atoms with Crippen LogP contribution in [0.1, 0.15) is 47.5 Å². The molecule has 0 spiro atoms. The molecule has 2 heterocycles. The smallest absolute Gasteiger partial charge is 0.358 e. The zero-order chi connectivity index (χ0) is 22.7. The first kappa shape index (κ1) is 22.1. The van der Waals surface area contributed by atoms with Crippen molar-refractivity contribution in [1.29, 1.82) is 0 Å². The molecule has 1 aliphatic heterocycles. The lowest BCUT2D eigenvalue weighted by Crippen LogP contribution is -2.39. The second-order valence-electron chi connectivity index (χ2n) is 8.10. The number of carbonyl (C=O) groups excluding carboxylic acids is 2. The lowest BCUT2D eigenvalue weighted by Gasteiger charge is -2.31. The third-order valence-corrected chi connectivity index (χ3v) is 5.89. The Kier molecular flexibility index (Phi) is 6.61. The third kappa shape index (κ3) is 4.70. The van der Waals surface area contributed by atoms with Gasteiger partial charge in [-0.05, 0) is 68.1 Å². The molecule has 1 fully saturated rings. The van der Waals surface area contributed by atoms with E-state index in [0.29, 0.717) is 16.5 Å². The summed E-state index contributed by atoms with van der Waals surface area (Å²) in [7, 11) is 0. The van der Waals surface area contributed by atoms with E-state index < -0.39 is 5.97 Å². The highest BCUT2D eigenvalue weighted by molar-refractivity contribution is 6.30. The first-order valence-electron chi connectivity index (χ1n) is 10.9. The molecule has 166 valence electrons. The van der Waals surface area contributed by atoms with Crippen LogP contribution in [-0.4, -0.2) is 46.3 Å². The van der Waals surface area contributed by atoms with E-state index in [1.807, 2.05) is 41.3 Å². The quantitative estimate of drug-likeness (QED) is 0.497. The van der Waals surface area contributed by atoms with Crippen molar-refractivity contribution in [2.75, 3.05) is 19.7 Å². The number of esters is 1. The summed E-state index contributed by atoms with van der Waals surface area (Å²) in [6, 6.07) is 16.4. The van der Waals surface area contributed by atoms with Crippen molar-refractivity contribution in [3.63, 3.8) is 0 Å². The molecule has 0 radical (unpaired) electrons. The number of halogens is 1. The minimum atomic E-state index is -0.479. The average molecular weight is 452 g/mol. The number of amides is 1. The van der Waals surface area contributed by atoms with Gasteiger partial charge in [-0.15, -0.1) is 0 Å². The zero-order valence-electron chi connectivity index (χ0n) is 18.3. The molecule has 7 heteroatoms. The lowest BCUT2D eigenvalue weighted by atomic mass is 9.99. The largest absolute Gasteiger partial charge is 0.461 e. The topological polar surface area (TPSA) is 64.4 Å². The van der Waals surface area contributed by atoms with Crippen molar-refractivity contribution in [2.45, 2.75) is 26.7 Å². The first-order chi connectivity index (χ1) is 15.5. The summed E-state index contributed by atoms with van der Waals surface area (Å²) in [6.45, 7) is 5.80. The van der Waals surface area contributed by atoms with Gasteiger partial charge in [0.15, 0.2) is 5.69 Å². The van der Waals surface area contributed by atoms with Gasteiger partial charge in [0.2, 0.25) is 0 Å². The highest BCUT2D eigenvalue weighted by Crippen LogP contribution is 2.26. The van der Waals surface area contributed by atoms with Crippen LogP contribution < -0.4 is 0 Å². The minimum absolute atomic E-state index is 0.0497. The number of piperidine rings is 1. The van der Waals surface area contributed by atoms with E-state index in [4.69, 9.17) is 16.3 Å². The molecule has 32 heavy (non-hydrogen) atoms. The Labute approximate surface area is 192 Å². The van der Waals surface area contributed by atoms with Crippen molar-refractivity contribution in [3.05, 3.63) is 70.9 Å². The Balaban J connectivity index is 1.66. The van der Waals surface area contributed by atoms with Crippen LogP contribution >= 0.6 is 11.6 Å². The maximum Gasteiger partial charge on any atom is 0.358 e. The van der Waals surface area contributed by atoms with E-state index in [1.54, 1.807) is 29.8 Å². The molecule has 1 amide bonds. The Hall–Kier alpha value is -3.12. The van der Waals surface area contributed by atoms with Crippen molar-refractivity contribution in [1.82, 2.24) is 14.7 Å². The number of ether oxygens (including phenoxy) is 1. The van der Waals surface area contributed by atoms with Crippen molar-refractivity contribution in [3.8, 4) is 16.9 Å². The highest BCUT2D eigenvalue weighted by Gasteiger charge is 2.22. The van der Waals surface area contributed by atoms with Gasteiger partial charge in [-0.2, -0.15) is 5.10 Å². The van der Waals surface area contributed by atoms with Crippen molar-refractivity contribution < 1.29 is 14.3 Å². The van der Waals surface area contributed by atoms with Gasteiger partial charge < -0.3 is 9.64 Å². The molecule has 6 nitrogen and oxygen atoms in total. The summed E-state index contributed by atoms with van der Waals surface area (Å²) in [5.41, 5.74) is 3.20. The van der Waals surface area contributed by atoms with Gasteiger partial charge in [-0.25, -0.2) is 9.48 Å². The summed E-state index contributed by atoms with van der Waals surface area (Å²) in [4.78, 5) is 27.1. The molecular weight excluding hydrogens is 426 g/mol. The fraction of sp³-hybridized carbons (Fsp3) is 0.320. The molecule has 0 N–H and O–H groups in total. The lowest BCUT2D eigenvalue weighted by molar-refractivity contribution is 0.0518. The van der Waals surface area contributed by atoms with Crippen molar-refractivity contribution in [2.24, 2.45) is 5.92 Å². The molecule has 0 unspecified atom stereocenters. The van der Waals surface area contributed by atoms with E-state index in [-0.39, 0.29) is 18.2 Å². The van der Waals surface area contributed by atoms with E-state index in [1.165, 1.54) is 0 Å². The number of nitrogens with zero attached hydrogens (tertiary/aromatic N) is 3. The van der Waals surface area contributed by atoms with Gasteiger partial charge in [-0.1, -0.05) is 30.7 Å². The molecule has 4 rings (SSSR count). The van der Waals surface area contributed by atoms with E-state index in [9.17, 15) is 9.59 Å². The summed E-state index contributed by atoms with van der Waals surface area (Å²) in [6.07, 6.45) is 2.21. The monoisotopic (exact) mass is 451 g/mol. The minimum Gasteiger partial charge on any atom is -0.461 e. The predicted molar refractivity (Wildman–Crippen MR) is 124 cm³/mol. The number of hydrogen-bond donors (Lipinski definition) is 0. The molecule has 0 saturated carbocycles. The normalized spacial score (nSPS) is 16.1. The van der Waals surface area contributed by atoms with E-state index in [0.717, 1.165) is 42.9 Å². The van der Waals surface area contributed by atoms with Crippen molar-refractivity contribution >= 4 is 23.5 Å². The number of hydrogen-bond acceptors (Lipinski definition) is 4. The van der Waals surface area contributed by atoms with Crippen LogP contribution in [0.15, 0.2) is 54.6 Å². The molecule has 1 saturated heterocycles. The Morgan fingerprint density at radius 3 is 2.50 bits per heavy atom. The molecule has 1 atom stereocenters. The summed E-state index contributed by atoms with van der Waals surface area (Å²) in [5.74, 6) is 0.0976. The van der Waals surface area contributed by atoms with Gasteiger partial charge in [0, 0.05) is 29.2 Å². The Morgan fingerprint density at radius 1 is 1.12 bits per heavy atom. The standard InChI is InChI=1S/C25H26ClN3O3/c1-3-32-25(31)22-15-23(18-6-10-20(26)11-7-18)29(27-22)21-12-8-19(9-13-21)24(30)28-14-4-5-17(2)16-28/h6-13,15,17H,3-5,14,16H2,1-2H3/t17-/m1/s1. The molecule has 0 bridgehead atoms. The van der Waals surface area contributed by atoms with Crippen LogP contribution in [0.2, 0.25) is 5.02 Å². The molecule has 3 aromatic rings. The van der Waals surface area contributed by atoms with Gasteiger partial charge in [0.1, 0.15) is 0 Å². The molecule has 0 aliphatic carbocycles. The average Bonchev–Trinajstić information content (AvgIpc) is 3.25. The summed E-state index contributed by atoms with van der Waals surface area (Å²) in [5, 5.41) is 5.11. The van der Waals surface area contributed by atoms with Crippen LogP contribution in [0.5, 0.6) is 0 Å². The van der Waals surface area contributed by atoms with Crippen LogP contribution in [0.4, 0.5) is 0 Å². The number of carbonyl (C=O) groups is 2. The fourth-order valence-electron chi connectivity index (χ4n) is 4.01. The summed E-state index contributed by atoms with van der Waals surface area (Å²) >= 11 is 6.04. The molecule has 1 aliphatic rings. The van der Waals surface area contributed by atoms with Crippen LogP contribution in [0.3, 0.4) is 0 Å².